The average Bonchev–Trinajstić information content (AvgIpc) is 2.92. The molecule has 5 nitrogen and oxygen atoms in total. The third-order valence-corrected chi connectivity index (χ3v) is 3.70. The standard InChI is InChI=1S/C14H20N2O3/c1-3-14(2,8-15)13(17)16-7-10-5-4-6-11-12(10)19-9-18-11/h4-6H,3,7-9,15H2,1-2H3,(H,16,17). The lowest BCUT2D eigenvalue weighted by Gasteiger charge is -2.25. The maximum absolute atomic E-state index is 12.1. The van der Waals surface area contributed by atoms with Gasteiger partial charge in [-0.15, -0.1) is 0 Å². The summed E-state index contributed by atoms with van der Waals surface area (Å²) in [5.74, 6) is 1.41. The van der Waals surface area contributed by atoms with Crippen molar-refractivity contribution in [3.8, 4) is 11.5 Å². The van der Waals surface area contributed by atoms with Crippen molar-refractivity contribution < 1.29 is 14.3 Å². The van der Waals surface area contributed by atoms with E-state index < -0.39 is 5.41 Å². The first-order valence-corrected chi connectivity index (χ1v) is 6.46. The summed E-state index contributed by atoms with van der Waals surface area (Å²) in [5, 5.41) is 2.92. The third-order valence-electron chi connectivity index (χ3n) is 3.70. The van der Waals surface area contributed by atoms with Gasteiger partial charge in [0.2, 0.25) is 12.7 Å². The first kappa shape index (κ1) is 13.7. The zero-order valence-electron chi connectivity index (χ0n) is 11.4. The van der Waals surface area contributed by atoms with Crippen LogP contribution in [0.4, 0.5) is 0 Å². The highest BCUT2D eigenvalue weighted by Crippen LogP contribution is 2.35. The number of para-hydroxylation sites is 1. The monoisotopic (exact) mass is 264 g/mol. The summed E-state index contributed by atoms with van der Waals surface area (Å²) in [6, 6.07) is 5.65. The fourth-order valence-electron chi connectivity index (χ4n) is 1.92. The van der Waals surface area contributed by atoms with E-state index in [4.69, 9.17) is 15.2 Å². The maximum Gasteiger partial charge on any atom is 0.231 e. The molecule has 1 heterocycles. The Morgan fingerprint density at radius 2 is 2.26 bits per heavy atom. The normalized spacial score (nSPS) is 15.9. The number of carbonyl (C=O) groups excluding carboxylic acids is 1. The van der Waals surface area contributed by atoms with Crippen LogP contribution in [0.3, 0.4) is 0 Å². The second-order valence-corrected chi connectivity index (χ2v) is 4.95. The summed E-state index contributed by atoms with van der Waals surface area (Å²) in [5.41, 5.74) is 6.07. The van der Waals surface area contributed by atoms with Crippen LogP contribution in [0.5, 0.6) is 11.5 Å². The molecule has 0 spiro atoms. The van der Waals surface area contributed by atoms with E-state index in [0.29, 0.717) is 25.3 Å². The summed E-state index contributed by atoms with van der Waals surface area (Å²) in [6.07, 6.45) is 0.710. The molecule has 1 aliphatic heterocycles. The number of nitrogens with two attached hydrogens (primary N) is 1. The Hall–Kier alpha value is -1.75. The molecule has 0 aliphatic carbocycles. The van der Waals surface area contributed by atoms with Crippen molar-refractivity contribution in [3.05, 3.63) is 23.8 Å². The maximum atomic E-state index is 12.1. The van der Waals surface area contributed by atoms with Crippen LogP contribution in [0.1, 0.15) is 25.8 Å². The highest BCUT2D eigenvalue weighted by atomic mass is 16.7. The highest BCUT2D eigenvalue weighted by molar-refractivity contribution is 5.82. The topological polar surface area (TPSA) is 73.6 Å². The molecule has 1 amide bonds. The molecule has 0 aromatic heterocycles. The Balaban J connectivity index is 2.04. The summed E-state index contributed by atoms with van der Waals surface area (Å²) in [6.45, 7) is 4.82. The summed E-state index contributed by atoms with van der Waals surface area (Å²) in [4.78, 5) is 12.1. The highest BCUT2D eigenvalue weighted by Gasteiger charge is 2.29. The molecule has 0 fully saturated rings. The Labute approximate surface area is 113 Å². The van der Waals surface area contributed by atoms with E-state index in [9.17, 15) is 4.79 Å². The van der Waals surface area contributed by atoms with E-state index >= 15 is 0 Å². The first-order chi connectivity index (χ1) is 9.10. The molecular formula is C14H20N2O3. The minimum atomic E-state index is -0.519. The molecule has 5 heteroatoms. The lowest BCUT2D eigenvalue weighted by atomic mass is 9.86. The number of carbonyl (C=O) groups is 1. The van der Waals surface area contributed by atoms with Gasteiger partial charge in [-0.3, -0.25) is 4.79 Å². The van der Waals surface area contributed by atoms with Crippen molar-refractivity contribution in [2.45, 2.75) is 26.8 Å². The van der Waals surface area contributed by atoms with Crippen molar-refractivity contribution in [1.29, 1.82) is 0 Å². The van der Waals surface area contributed by atoms with Gasteiger partial charge < -0.3 is 20.5 Å². The van der Waals surface area contributed by atoms with E-state index in [2.05, 4.69) is 5.32 Å². The summed E-state index contributed by atoms with van der Waals surface area (Å²) < 4.78 is 10.7. The van der Waals surface area contributed by atoms with Crippen LogP contribution >= 0.6 is 0 Å². The van der Waals surface area contributed by atoms with Crippen molar-refractivity contribution in [2.24, 2.45) is 11.1 Å². The second-order valence-electron chi connectivity index (χ2n) is 4.95. The van der Waals surface area contributed by atoms with Crippen molar-refractivity contribution >= 4 is 5.91 Å². The lowest BCUT2D eigenvalue weighted by molar-refractivity contribution is -0.130. The molecule has 0 saturated carbocycles. The Morgan fingerprint density at radius 3 is 2.95 bits per heavy atom. The van der Waals surface area contributed by atoms with Crippen LogP contribution in [-0.4, -0.2) is 19.2 Å². The van der Waals surface area contributed by atoms with E-state index in [1.165, 1.54) is 0 Å². The molecule has 1 unspecified atom stereocenters. The van der Waals surface area contributed by atoms with Gasteiger partial charge in [0.25, 0.3) is 0 Å². The van der Waals surface area contributed by atoms with Gasteiger partial charge in [0.15, 0.2) is 11.5 Å². The van der Waals surface area contributed by atoms with Crippen LogP contribution in [0.25, 0.3) is 0 Å². The molecule has 1 aliphatic rings. The zero-order valence-corrected chi connectivity index (χ0v) is 11.4. The fraction of sp³-hybridized carbons (Fsp3) is 0.500. The SMILES string of the molecule is CCC(C)(CN)C(=O)NCc1cccc2c1OCO2. The first-order valence-electron chi connectivity index (χ1n) is 6.46. The molecule has 3 N–H and O–H groups in total. The summed E-state index contributed by atoms with van der Waals surface area (Å²) >= 11 is 0. The van der Waals surface area contributed by atoms with E-state index in [1.807, 2.05) is 32.0 Å². The van der Waals surface area contributed by atoms with Crippen LogP contribution in [0.2, 0.25) is 0 Å². The minimum absolute atomic E-state index is 0.0333. The van der Waals surface area contributed by atoms with Crippen molar-refractivity contribution in [1.82, 2.24) is 5.32 Å². The molecule has 19 heavy (non-hydrogen) atoms. The van der Waals surface area contributed by atoms with Gasteiger partial charge in [-0.2, -0.15) is 0 Å². The number of amides is 1. The summed E-state index contributed by atoms with van der Waals surface area (Å²) in [7, 11) is 0. The number of hydrogen-bond acceptors (Lipinski definition) is 4. The molecule has 0 radical (unpaired) electrons. The van der Waals surface area contributed by atoms with Crippen molar-refractivity contribution in [2.75, 3.05) is 13.3 Å². The number of benzene rings is 1. The van der Waals surface area contributed by atoms with Gasteiger partial charge in [-0.25, -0.2) is 0 Å². The molecule has 2 rings (SSSR count). The number of rotatable bonds is 5. The van der Waals surface area contributed by atoms with E-state index in [-0.39, 0.29) is 12.7 Å². The molecule has 0 bridgehead atoms. The largest absolute Gasteiger partial charge is 0.454 e. The predicted octanol–water partition coefficient (Wildman–Crippen LogP) is 1.41. The Kier molecular flexibility index (Phi) is 3.95. The van der Waals surface area contributed by atoms with E-state index in [0.717, 1.165) is 11.3 Å². The number of nitrogens with one attached hydrogen (secondary N) is 1. The van der Waals surface area contributed by atoms with Gasteiger partial charge in [0, 0.05) is 18.7 Å². The van der Waals surface area contributed by atoms with Gasteiger partial charge in [0.05, 0.1) is 5.41 Å². The molecule has 1 atom stereocenters. The van der Waals surface area contributed by atoms with Crippen LogP contribution in [-0.2, 0) is 11.3 Å². The van der Waals surface area contributed by atoms with E-state index in [1.54, 1.807) is 0 Å². The number of hydrogen-bond donors (Lipinski definition) is 2. The van der Waals surface area contributed by atoms with Gasteiger partial charge in [-0.05, 0) is 19.4 Å². The lowest BCUT2D eigenvalue weighted by Crippen LogP contribution is -2.43. The van der Waals surface area contributed by atoms with Crippen LogP contribution in [0, 0.1) is 5.41 Å². The third kappa shape index (κ3) is 2.66. The van der Waals surface area contributed by atoms with Crippen LogP contribution in [0.15, 0.2) is 18.2 Å². The second kappa shape index (κ2) is 5.48. The molecular weight excluding hydrogens is 244 g/mol. The fourth-order valence-corrected chi connectivity index (χ4v) is 1.92. The zero-order chi connectivity index (χ0) is 13.9. The predicted molar refractivity (Wildman–Crippen MR) is 71.9 cm³/mol. The van der Waals surface area contributed by atoms with Gasteiger partial charge in [0.1, 0.15) is 0 Å². The Morgan fingerprint density at radius 1 is 1.47 bits per heavy atom. The van der Waals surface area contributed by atoms with Gasteiger partial charge in [-0.1, -0.05) is 19.1 Å². The number of fused-ring (bicyclic) bond motifs is 1. The van der Waals surface area contributed by atoms with Crippen molar-refractivity contribution in [3.63, 3.8) is 0 Å². The molecule has 1 aromatic carbocycles. The van der Waals surface area contributed by atoms with Gasteiger partial charge >= 0.3 is 0 Å². The minimum Gasteiger partial charge on any atom is -0.454 e. The molecule has 0 saturated heterocycles. The molecule has 1 aromatic rings. The smallest absolute Gasteiger partial charge is 0.231 e. The Bertz CT molecular complexity index is 470. The molecule has 104 valence electrons. The number of ether oxygens (including phenoxy) is 2. The average molecular weight is 264 g/mol. The quantitative estimate of drug-likeness (QED) is 0.843. The van der Waals surface area contributed by atoms with Crippen LogP contribution < -0.4 is 20.5 Å².